The van der Waals surface area contributed by atoms with Crippen LogP contribution >= 0.6 is 15.9 Å². The van der Waals surface area contributed by atoms with Gasteiger partial charge in [0.25, 0.3) is 5.91 Å². The fourth-order valence-corrected chi connectivity index (χ4v) is 2.43. The normalized spacial score (nSPS) is 15.2. The highest BCUT2D eigenvalue weighted by Gasteiger charge is 2.20. The maximum absolute atomic E-state index is 12.2. The Morgan fingerprint density at radius 3 is 2.56 bits per heavy atom. The molecule has 98 valence electrons. The molecule has 2 rings (SSSR count). The molecular formula is C12H12BrF2NO2. The Labute approximate surface area is 112 Å². The summed E-state index contributed by atoms with van der Waals surface area (Å²) < 4.78 is 29.2. The van der Waals surface area contributed by atoms with Gasteiger partial charge in [-0.2, -0.15) is 8.78 Å². The SMILES string of the molecule is O=C(c1cc(Br)cc(OC(F)F)c1)N1CCCC1. The quantitative estimate of drug-likeness (QED) is 0.855. The highest BCUT2D eigenvalue weighted by Crippen LogP contribution is 2.24. The van der Waals surface area contributed by atoms with Crippen LogP contribution in [0.15, 0.2) is 22.7 Å². The fourth-order valence-electron chi connectivity index (χ4n) is 1.96. The first kappa shape index (κ1) is 13.3. The van der Waals surface area contributed by atoms with Crippen molar-refractivity contribution in [1.29, 1.82) is 0 Å². The Morgan fingerprint density at radius 2 is 1.94 bits per heavy atom. The van der Waals surface area contributed by atoms with Gasteiger partial charge >= 0.3 is 6.61 Å². The number of alkyl halides is 2. The van der Waals surface area contributed by atoms with Crippen molar-refractivity contribution in [2.24, 2.45) is 0 Å². The Balaban J connectivity index is 2.21. The van der Waals surface area contributed by atoms with Crippen molar-refractivity contribution in [1.82, 2.24) is 4.90 Å². The van der Waals surface area contributed by atoms with E-state index < -0.39 is 6.61 Å². The molecule has 0 atom stereocenters. The molecule has 1 saturated heterocycles. The molecule has 0 saturated carbocycles. The highest BCUT2D eigenvalue weighted by atomic mass is 79.9. The van der Waals surface area contributed by atoms with Gasteiger partial charge in [-0.3, -0.25) is 4.79 Å². The van der Waals surface area contributed by atoms with Gasteiger partial charge in [-0.1, -0.05) is 15.9 Å². The van der Waals surface area contributed by atoms with Crippen LogP contribution in [0.3, 0.4) is 0 Å². The van der Waals surface area contributed by atoms with E-state index in [-0.39, 0.29) is 11.7 Å². The molecule has 0 radical (unpaired) electrons. The van der Waals surface area contributed by atoms with Gasteiger partial charge in [0.2, 0.25) is 0 Å². The lowest BCUT2D eigenvalue weighted by Crippen LogP contribution is -2.27. The van der Waals surface area contributed by atoms with Crippen molar-refractivity contribution in [3.05, 3.63) is 28.2 Å². The highest BCUT2D eigenvalue weighted by molar-refractivity contribution is 9.10. The molecule has 0 bridgehead atoms. The van der Waals surface area contributed by atoms with Gasteiger partial charge in [-0.25, -0.2) is 0 Å². The second-order valence-corrected chi connectivity index (χ2v) is 4.97. The van der Waals surface area contributed by atoms with Crippen LogP contribution in [0.5, 0.6) is 5.75 Å². The second kappa shape index (κ2) is 5.65. The molecule has 0 unspecified atom stereocenters. The molecule has 1 aromatic rings. The third-order valence-electron chi connectivity index (χ3n) is 2.74. The molecule has 0 N–H and O–H groups in total. The lowest BCUT2D eigenvalue weighted by molar-refractivity contribution is -0.0499. The lowest BCUT2D eigenvalue weighted by Gasteiger charge is -2.16. The molecule has 1 heterocycles. The molecule has 1 amide bonds. The lowest BCUT2D eigenvalue weighted by atomic mass is 10.2. The summed E-state index contributed by atoms with van der Waals surface area (Å²) in [5.41, 5.74) is 0.363. The van der Waals surface area contributed by atoms with Gasteiger partial charge < -0.3 is 9.64 Å². The van der Waals surface area contributed by atoms with Crippen LogP contribution in [0.4, 0.5) is 8.78 Å². The zero-order valence-corrected chi connectivity index (χ0v) is 11.1. The van der Waals surface area contributed by atoms with Gasteiger partial charge in [-0.05, 0) is 31.0 Å². The summed E-state index contributed by atoms with van der Waals surface area (Å²) in [7, 11) is 0. The molecule has 18 heavy (non-hydrogen) atoms. The third-order valence-corrected chi connectivity index (χ3v) is 3.19. The molecule has 3 nitrogen and oxygen atoms in total. The Morgan fingerprint density at radius 1 is 1.28 bits per heavy atom. The summed E-state index contributed by atoms with van der Waals surface area (Å²) in [5, 5.41) is 0. The first-order valence-corrected chi connectivity index (χ1v) is 6.40. The predicted octanol–water partition coefficient (Wildman–Crippen LogP) is 3.29. The van der Waals surface area contributed by atoms with Crippen LogP contribution in [0.25, 0.3) is 0 Å². The van der Waals surface area contributed by atoms with Crippen LogP contribution < -0.4 is 4.74 Å². The molecule has 0 aromatic heterocycles. The van der Waals surface area contributed by atoms with E-state index in [1.807, 2.05) is 0 Å². The number of rotatable bonds is 3. The third kappa shape index (κ3) is 3.19. The Kier molecular flexibility index (Phi) is 4.16. The van der Waals surface area contributed by atoms with Crippen LogP contribution in [-0.2, 0) is 0 Å². The van der Waals surface area contributed by atoms with Crippen LogP contribution in [0.2, 0.25) is 0 Å². The number of nitrogens with zero attached hydrogens (tertiary/aromatic N) is 1. The number of likely N-dealkylation sites (tertiary alicyclic amines) is 1. The minimum Gasteiger partial charge on any atom is -0.435 e. The molecule has 0 spiro atoms. The summed E-state index contributed by atoms with van der Waals surface area (Å²) in [6, 6.07) is 4.36. The first-order valence-electron chi connectivity index (χ1n) is 5.61. The number of halogens is 3. The number of hydrogen-bond acceptors (Lipinski definition) is 2. The van der Waals surface area contributed by atoms with Crippen molar-refractivity contribution in [2.75, 3.05) is 13.1 Å². The van der Waals surface area contributed by atoms with E-state index in [0.717, 1.165) is 25.9 Å². The zero-order chi connectivity index (χ0) is 13.1. The van der Waals surface area contributed by atoms with Gasteiger partial charge in [0.15, 0.2) is 0 Å². The van der Waals surface area contributed by atoms with Gasteiger partial charge in [-0.15, -0.1) is 0 Å². The average molecular weight is 320 g/mol. The molecule has 6 heteroatoms. The number of carbonyl (C=O) groups excluding carboxylic acids is 1. The van der Waals surface area contributed by atoms with Crippen molar-refractivity contribution in [2.45, 2.75) is 19.5 Å². The van der Waals surface area contributed by atoms with Gasteiger partial charge in [0, 0.05) is 23.1 Å². The topological polar surface area (TPSA) is 29.5 Å². The number of benzene rings is 1. The van der Waals surface area contributed by atoms with Crippen molar-refractivity contribution in [3.63, 3.8) is 0 Å². The van der Waals surface area contributed by atoms with E-state index in [9.17, 15) is 13.6 Å². The van der Waals surface area contributed by atoms with E-state index in [4.69, 9.17) is 0 Å². The largest absolute Gasteiger partial charge is 0.435 e. The maximum Gasteiger partial charge on any atom is 0.387 e. The number of carbonyl (C=O) groups is 1. The summed E-state index contributed by atoms with van der Waals surface area (Å²) in [6.45, 7) is -1.46. The van der Waals surface area contributed by atoms with E-state index >= 15 is 0 Å². The van der Waals surface area contributed by atoms with Crippen molar-refractivity contribution < 1.29 is 18.3 Å². The van der Waals surface area contributed by atoms with Crippen molar-refractivity contribution in [3.8, 4) is 5.75 Å². The minimum atomic E-state index is -2.89. The summed E-state index contributed by atoms with van der Waals surface area (Å²) >= 11 is 3.18. The summed E-state index contributed by atoms with van der Waals surface area (Å²) in [4.78, 5) is 13.8. The Bertz CT molecular complexity index is 448. The second-order valence-electron chi connectivity index (χ2n) is 4.05. The monoisotopic (exact) mass is 319 g/mol. The predicted molar refractivity (Wildman–Crippen MR) is 65.9 cm³/mol. The van der Waals surface area contributed by atoms with Gasteiger partial charge in [0.1, 0.15) is 5.75 Å². The van der Waals surface area contributed by atoms with E-state index in [1.165, 1.54) is 12.1 Å². The minimum absolute atomic E-state index is 0.0121. The number of hydrogen-bond donors (Lipinski definition) is 0. The molecule has 1 aliphatic rings. The molecular weight excluding hydrogens is 308 g/mol. The van der Waals surface area contributed by atoms with Crippen LogP contribution in [0, 0.1) is 0 Å². The molecule has 1 aliphatic heterocycles. The van der Waals surface area contributed by atoms with Crippen molar-refractivity contribution >= 4 is 21.8 Å². The number of ether oxygens (including phenoxy) is 1. The summed E-state index contributed by atoms with van der Waals surface area (Å²) in [6.07, 6.45) is 1.97. The van der Waals surface area contributed by atoms with E-state index in [1.54, 1.807) is 11.0 Å². The molecule has 1 fully saturated rings. The fraction of sp³-hybridized carbons (Fsp3) is 0.417. The smallest absolute Gasteiger partial charge is 0.387 e. The average Bonchev–Trinajstić information content (AvgIpc) is 2.79. The van der Waals surface area contributed by atoms with E-state index in [2.05, 4.69) is 20.7 Å². The molecule has 1 aromatic carbocycles. The zero-order valence-electron chi connectivity index (χ0n) is 9.54. The first-order chi connectivity index (χ1) is 8.56. The molecule has 0 aliphatic carbocycles. The van der Waals surface area contributed by atoms with Crippen LogP contribution in [-0.4, -0.2) is 30.5 Å². The van der Waals surface area contributed by atoms with Gasteiger partial charge in [0.05, 0.1) is 0 Å². The number of amides is 1. The standard InChI is InChI=1S/C12H12BrF2NO2/c13-9-5-8(6-10(7-9)18-12(14)15)11(17)16-3-1-2-4-16/h5-7,12H,1-4H2. The van der Waals surface area contributed by atoms with Crippen LogP contribution in [0.1, 0.15) is 23.2 Å². The maximum atomic E-state index is 12.2. The van der Waals surface area contributed by atoms with E-state index in [0.29, 0.717) is 10.0 Å². The Hall–Kier alpha value is -1.17. The summed E-state index contributed by atoms with van der Waals surface area (Å²) in [5.74, 6) is -0.158.